The Bertz CT molecular complexity index is 531. The number of rotatable bonds is 3. The molecule has 0 N–H and O–H groups in total. The van der Waals surface area contributed by atoms with Gasteiger partial charge in [0.1, 0.15) is 11.8 Å². The summed E-state index contributed by atoms with van der Waals surface area (Å²) in [4.78, 5) is 4.24. The van der Waals surface area contributed by atoms with Crippen LogP contribution in [0.1, 0.15) is 13.3 Å². The molecular formula is C13H12N2O. The lowest BCUT2D eigenvalue weighted by Gasteiger charge is -2.10. The Morgan fingerprint density at radius 1 is 1.44 bits per heavy atom. The average molecular weight is 212 g/mol. The first kappa shape index (κ1) is 10.4. The van der Waals surface area contributed by atoms with Crippen molar-refractivity contribution in [1.29, 1.82) is 5.26 Å². The van der Waals surface area contributed by atoms with Gasteiger partial charge < -0.3 is 4.74 Å². The summed E-state index contributed by atoms with van der Waals surface area (Å²) in [6.07, 6.45) is 2.03. The van der Waals surface area contributed by atoms with Gasteiger partial charge >= 0.3 is 0 Å². The zero-order valence-corrected chi connectivity index (χ0v) is 9.05. The Morgan fingerprint density at radius 3 is 3.06 bits per heavy atom. The smallest absolute Gasteiger partial charge is 0.184 e. The molecule has 16 heavy (non-hydrogen) atoms. The van der Waals surface area contributed by atoms with Crippen LogP contribution in [0.5, 0.6) is 5.75 Å². The van der Waals surface area contributed by atoms with Gasteiger partial charge in [-0.25, -0.2) is 0 Å². The maximum atomic E-state index is 8.81. The van der Waals surface area contributed by atoms with E-state index in [1.54, 1.807) is 6.20 Å². The van der Waals surface area contributed by atoms with Crippen LogP contribution >= 0.6 is 0 Å². The number of fused-ring (bicyclic) bond motifs is 1. The molecule has 1 atom stereocenters. The molecule has 0 aliphatic rings. The maximum Gasteiger partial charge on any atom is 0.184 e. The Labute approximate surface area is 94.3 Å². The quantitative estimate of drug-likeness (QED) is 0.785. The van der Waals surface area contributed by atoms with E-state index in [1.165, 1.54) is 0 Å². The van der Waals surface area contributed by atoms with Crippen LogP contribution in [0.25, 0.3) is 10.9 Å². The first-order chi connectivity index (χ1) is 7.83. The van der Waals surface area contributed by atoms with Gasteiger partial charge in [-0.2, -0.15) is 5.26 Å². The van der Waals surface area contributed by atoms with Crippen molar-refractivity contribution < 1.29 is 4.74 Å². The lowest BCUT2D eigenvalue weighted by Crippen LogP contribution is -2.11. The van der Waals surface area contributed by atoms with Crippen molar-refractivity contribution in [2.75, 3.05) is 0 Å². The predicted molar refractivity (Wildman–Crippen MR) is 62.1 cm³/mol. The molecule has 80 valence electrons. The molecule has 0 saturated heterocycles. The molecule has 1 heterocycles. The highest BCUT2D eigenvalue weighted by Gasteiger charge is 2.06. The van der Waals surface area contributed by atoms with Crippen LogP contribution in [0.2, 0.25) is 0 Å². The standard InChI is InChI=1S/C13H12N2O/c1-2-11(9-14)16-12-6-5-10-4-3-7-15-13(10)8-12/h3-8,11H,2H2,1H3. The van der Waals surface area contributed by atoms with E-state index in [-0.39, 0.29) is 6.10 Å². The van der Waals surface area contributed by atoms with E-state index in [0.717, 1.165) is 10.9 Å². The van der Waals surface area contributed by atoms with Crippen molar-refractivity contribution in [3.8, 4) is 11.8 Å². The van der Waals surface area contributed by atoms with E-state index in [4.69, 9.17) is 10.00 Å². The fourth-order valence-corrected chi connectivity index (χ4v) is 1.48. The van der Waals surface area contributed by atoms with Crippen molar-refractivity contribution in [3.63, 3.8) is 0 Å². The number of hydrogen-bond acceptors (Lipinski definition) is 3. The third-order valence-electron chi connectivity index (χ3n) is 2.37. The van der Waals surface area contributed by atoms with E-state index in [2.05, 4.69) is 11.1 Å². The maximum absolute atomic E-state index is 8.81. The van der Waals surface area contributed by atoms with Gasteiger partial charge in [0.05, 0.1) is 5.52 Å². The zero-order chi connectivity index (χ0) is 11.4. The molecule has 1 unspecified atom stereocenters. The topological polar surface area (TPSA) is 45.9 Å². The summed E-state index contributed by atoms with van der Waals surface area (Å²) in [7, 11) is 0. The van der Waals surface area contributed by atoms with E-state index >= 15 is 0 Å². The van der Waals surface area contributed by atoms with Crippen LogP contribution in [-0.2, 0) is 0 Å². The summed E-state index contributed by atoms with van der Waals surface area (Å²) in [5.41, 5.74) is 0.882. The van der Waals surface area contributed by atoms with Crippen LogP contribution < -0.4 is 4.74 Å². The number of nitriles is 1. The first-order valence-corrected chi connectivity index (χ1v) is 5.24. The minimum Gasteiger partial charge on any atom is -0.476 e. The van der Waals surface area contributed by atoms with Crippen LogP contribution in [0.3, 0.4) is 0 Å². The fraction of sp³-hybridized carbons (Fsp3) is 0.231. The molecule has 2 rings (SSSR count). The molecule has 1 aromatic carbocycles. The highest BCUT2D eigenvalue weighted by atomic mass is 16.5. The van der Waals surface area contributed by atoms with Gasteiger partial charge in [0, 0.05) is 17.6 Å². The lowest BCUT2D eigenvalue weighted by molar-refractivity contribution is 0.252. The molecular weight excluding hydrogens is 200 g/mol. The Kier molecular flexibility index (Phi) is 3.02. The van der Waals surface area contributed by atoms with Crippen LogP contribution in [0.4, 0.5) is 0 Å². The highest BCUT2D eigenvalue weighted by molar-refractivity contribution is 5.79. The Morgan fingerprint density at radius 2 is 2.31 bits per heavy atom. The number of pyridine rings is 1. The second kappa shape index (κ2) is 4.63. The van der Waals surface area contributed by atoms with Crippen molar-refractivity contribution in [2.45, 2.75) is 19.4 Å². The second-order valence-corrected chi connectivity index (χ2v) is 3.50. The first-order valence-electron chi connectivity index (χ1n) is 5.24. The van der Waals surface area contributed by atoms with Crippen LogP contribution in [0.15, 0.2) is 36.5 Å². The summed E-state index contributed by atoms with van der Waals surface area (Å²) < 4.78 is 5.52. The average Bonchev–Trinajstić information content (AvgIpc) is 2.35. The minimum absolute atomic E-state index is 0.388. The van der Waals surface area contributed by atoms with Gasteiger partial charge in [0.15, 0.2) is 6.10 Å². The molecule has 3 nitrogen and oxygen atoms in total. The van der Waals surface area contributed by atoms with Gasteiger partial charge in [-0.15, -0.1) is 0 Å². The third-order valence-corrected chi connectivity index (χ3v) is 2.37. The van der Waals surface area contributed by atoms with Crippen molar-refractivity contribution in [2.24, 2.45) is 0 Å². The van der Waals surface area contributed by atoms with Gasteiger partial charge in [-0.3, -0.25) is 4.98 Å². The molecule has 0 bridgehead atoms. The monoisotopic (exact) mass is 212 g/mol. The summed E-state index contributed by atoms with van der Waals surface area (Å²) in [5, 5.41) is 9.88. The van der Waals surface area contributed by atoms with Crippen molar-refractivity contribution >= 4 is 10.9 Å². The molecule has 0 fully saturated rings. The molecule has 0 saturated carbocycles. The van der Waals surface area contributed by atoms with E-state index in [9.17, 15) is 0 Å². The molecule has 3 heteroatoms. The lowest BCUT2D eigenvalue weighted by atomic mass is 10.2. The van der Waals surface area contributed by atoms with Crippen LogP contribution in [0, 0.1) is 11.3 Å². The van der Waals surface area contributed by atoms with Crippen molar-refractivity contribution in [3.05, 3.63) is 36.5 Å². The van der Waals surface area contributed by atoms with E-state index < -0.39 is 0 Å². The third kappa shape index (κ3) is 2.12. The normalized spacial score (nSPS) is 12.0. The molecule has 0 spiro atoms. The SMILES string of the molecule is CCC(C#N)Oc1ccc2cccnc2c1. The summed E-state index contributed by atoms with van der Waals surface area (Å²) >= 11 is 0. The van der Waals surface area contributed by atoms with Crippen molar-refractivity contribution in [1.82, 2.24) is 4.98 Å². The minimum atomic E-state index is -0.388. The molecule has 1 aromatic heterocycles. The Balaban J connectivity index is 2.30. The highest BCUT2D eigenvalue weighted by Crippen LogP contribution is 2.20. The zero-order valence-electron chi connectivity index (χ0n) is 9.05. The summed E-state index contributed by atoms with van der Waals surface area (Å²) in [5.74, 6) is 0.694. The molecule has 0 amide bonds. The van der Waals surface area contributed by atoms with Gasteiger partial charge in [-0.1, -0.05) is 13.0 Å². The fourth-order valence-electron chi connectivity index (χ4n) is 1.48. The number of aromatic nitrogens is 1. The van der Waals surface area contributed by atoms with Gasteiger partial charge in [0.25, 0.3) is 0 Å². The largest absolute Gasteiger partial charge is 0.476 e. The summed E-state index contributed by atoms with van der Waals surface area (Å²) in [6, 6.07) is 11.7. The summed E-state index contributed by atoms with van der Waals surface area (Å²) in [6.45, 7) is 1.92. The van der Waals surface area contributed by atoms with E-state index in [1.807, 2.05) is 37.3 Å². The Hall–Kier alpha value is -2.08. The molecule has 2 aromatic rings. The molecule has 0 aliphatic heterocycles. The molecule has 0 radical (unpaired) electrons. The molecule has 0 aliphatic carbocycles. The number of nitrogens with zero attached hydrogens (tertiary/aromatic N) is 2. The van der Waals surface area contributed by atoms with Gasteiger partial charge in [-0.05, 0) is 24.6 Å². The number of ether oxygens (including phenoxy) is 1. The van der Waals surface area contributed by atoms with Gasteiger partial charge in [0.2, 0.25) is 0 Å². The second-order valence-electron chi connectivity index (χ2n) is 3.50. The van der Waals surface area contributed by atoms with E-state index in [0.29, 0.717) is 12.2 Å². The number of hydrogen-bond donors (Lipinski definition) is 0. The number of benzene rings is 1. The predicted octanol–water partition coefficient (Wildman–Crippen LogP) is 2.92. The van der Waals surface area contributed by atoms with Crippen LogP contribution in [-0.4, -0.2) is 11.1 Å².